The van der Waals surface area contributed by atoms with Crippen molar-refractivity contribution in [2.45, 2.75) is 51.3 Å². The molecule has 0 radical (unpaired) electrons. The molecule has 3 N–H and O–H groups in total. The van der Waals surface area contributed by atoms with Crippen molar-refractivity contribution in [2.75, 3.05) is 31.9 Å². The molecule has 4 nitrogen and oxygen atoms in total. The molecule has 0 aromatic rings. The number of halogens is 1. The molecule has 1 fully saturated rings. The summed E-state index contributed by atoms with van der Waals surface area (Å²) in [4.78, 5) is 4.68. The Balaban J connectivity index is 0.00000361. The monoisotopic (exact) mass is 414 g/mol. The summed E-state index contributed by atoms with van der Waals surface area (Å²) in [5.41, 5.74) is 0.178. The van der Waals surface area contributed by atoms with Gasteiger partial charge in [-0.3, -0.25) is 4.99 Å². The molecule has 1 unspecified atom stereocenters. The summed E-state index contributed by atoms with van der Waals surface area (Å²) in [6.45, 7) is 12.4. The molecule has 1 rings (SSSR count). The van der Waals surface area contributed by atoms with Gasteiger partial charge in [0.1, 0.15) is 0 Å². The summed E-state index contributed by atoms with van der Waals surface area (Å²) in [5.74, 6) is 2.25. The Morgan fingerprint density at radius 1 is 1.25 bits per heavy atom. The molecule has 1 aliphatic rings. The molecule has 0 aromatic carbocycles. The predicted octanol–water partition coefficient (Wildman–Crippen LogP) is 2.44. The minimum Gasteiger partial charge on any atom is -0.357 e. The first-order valence-electron chi connectivity index (χ1n) is 7.40. The van der Waals surface area contributed by atoms with Gasteiger partial charge in [0.2, 0.25) is 0 Å². The zero-order valence-corrected chi connectivity index (χ0v) is 16.4. The van der Waals surface area contributed by atoms with Crippen LogP contribution in [-0.2, 0) is 0 Å². The highest BCUT2D eigenvalue weighted by atomic mass is 127. The number of nitrogens with one attached hydrogen (secondary N) is 3. The molecule has 20 heavy (non-hydrogen) atoms. The molecule has 1 heterocycles. The molecule has 1 saturated heterocycles. The minimum absolute atomic E-state index is 0. The topological polar surface area (TPSA) is 48.5 Å². The Labute approximate surface area is 145 Å². The van der Waals surface area contributed by atoms with Gasteiger partial charge >= 0.3 is 0 Å². The lowest BCUT2D eigenvalue weighted by Gasteiger charge is -2.21. The lowest BCUT2D eigenvalue weighted by atomic mass is 10.1. The van der Waals surface area contributed by atoms with E-state index in [4.69, 9.17) is 0 Å². The summed E-state index contributed by atoms with van der Waals surface area (Å²) in [5, 5.41) is 10.9. The first-order valence-corrected chi connectivity index (χ1v) is 8.45. The zero-order valence-electron chi connectivity index (χ0n) is 13.3. The van der Waals surface area contributed by atoms with Crippen LogP contribution in [0.15, 0.2) is 4.99 Å². The van der Waals surface area contributed by atoms with Crippen molar-refractivity contribution in [3.63, 3.8) is 0 Å². The van der Waals surface area contributed by atoms with Gasteiger partial charge in [-0.2, -0.15) is 11.8 Å². The maximum Gasteiger partial charge on any atom is 0.191 e. The quantitative estimate of drug-likeness (QED) is 0.271. The fourth-order valence-corrected chi connectivity index (χ4v) is 3.12. The van der Waals surface area contributed by atoms with Gasteiger partial charge in [0.15, 0.2) is 5.96 Å². The van der Waals surface area contributed by atoms with Crippen molar-refractivity contribution < 1.29 is 0 Å². The Morgan fingerprint density at radius 2 is 2.00 bits per heavy atom. The number of hydrogen-bond donors (Lipinski definition) is 3. The van der Waals surface area contributed by atoms with E-state index in [0.717, 1.165) is 37.4 Å². The molecule has 0 bridgehead atoms. The van der Waals surface area contributed by atoms with Gasteiger partial charge in [-0.1, -0.05) is 0 Å². The SMILES string of the molecule is CCNC(=NCC1CCCS1)NCCNC(C)(C)C.I. The number of nitrogens with zero attached hydrogens (tertiary/aromatic N) is 1. The number of hydrogen-bond acceptors (Lipinski definition) is 3. The fourth-order valence-electron chi connectivity index (χ4n) is 1.94. The van der Waals surface area contributed by atoms with Crippen LogP contribution in [0.1, 0.15) is 40.5 Å². The molecular formula is C14H31IN4S. The second-order valence-corrected chi connectivity index (χ2v) is 7.37. The van der Waals surface area contributed by atoms with E-state index < -0.39 is 0 Å². The van der Waals surface area contributed by atoms with Crippen molar-refractivity contribution >= 4 is 41.7 Å². The Hall–Kier alpha value is 0.310. The number of guanidine groups is 1. The van der Waals surface area contributed by atoms with E-state index in [2.05, 4.69) is 60.4 Å². The van der Waals surface area contributed by atoms with Crippen molar-refractivity contribution in [1.29, 1.82) is 0 Å². The molecule has 0 spiro atoms. The third-order valence-corrected chi connectivity index (χ3v) is 4.27. The van der Waals surface area contributed by atoms with Gasteiger partial charge < -0.3 is 16.0 Å². The van der Waals surface area contributed by atoms with Gasteiger partial charge in [-0.25, -0.2) is 0 Å². The van der Waals surface area contributed by atoms with E-state index in [0.29, 0.717) is 0 Å². The highest BCUT2D eigenvalue weighted by Gasteiger charge is 2.15. The van der Waals surface area contributed by atoms with Crippen LogP contribution in [0.4, 0.5) is 0 Å². The zero-order chi connectivity index (χ0) is 14.1. The normalized spacial score (nSPS) is 19.6. The summed E-state index contributed by atoms with van der Waals surface area (Å²) in [6.07, 6.45) is 2.67. The standard InChI is InChI=1S/C14H30N4S.HI/c1-5-15-13(16-8-9-18-14(2,3)4)17-11-12-7-6-10-19-12;/h12,18H,5-11H2,1-4H3,(H2,15,16,17);1H. The third-order valence-electron chi connectivity index (χ3n) is 2.89. The molecule has 0 aromatic heterocycles. The molecule has 6 heteroatoms. The molecule has 120 valence electrons. The second kappa shape index (κ2) is 11.0. The van der Waals surface area contributed by atoms with Crippen LogP contribution >= 0.6 is 35.7 Å². The lowest BCUT2D eigenvalue weighted by Crippen LogP contribution is -2.44. The number of aliphatic imine (C=N–C) groups is 1. The molecular weight excluding hydrogens is 383 g/mol. The summed E-state index contributed by atoms with van der Waals surface area (Å²) >= 11 is 2.06. The molecule has 0 amide bonds. The van der Waals surface area contributed by atoms with Crippen LogP contribution in [0.25, 0.3) is 0 Å². The van der Waals surface area contributed by atoms with Gasteiger partial charge in [0.25, 0.3) is 0 Å². The van der Waals surface area contributed by atoms with Crippen LogP contribution in [0.3, 0.4) is 0 Å². The van der Waals surface area contributed by atoms with Crippen molar-refractivity contribution in [2.24, 2.45) is 4.99 Å². The van der Waals surface area contributed by atoms with E-state index in [1.54, 1.807) is 0 Å². The van der Waals surface area contributed by atoms with Crippen LogP contribution in [0.2, 0.25) is 0 Å². The maximum absolute atomic E-state index is 4.68. The third kappa shape index (κ3) is 10.1. The van der Waals surface area contributed by atoms with Gasteiger partial charge in [-0.05, 0) is 46.3 Å². The fraction of sp³-hybridized carbons (Fsp3) is 0.929. The average Bonchev–Trinajstić information content (AvgIpc) is 2.83. The van der Waals surface area contributed by atoms with Crippen LogP contribution in [-0.4, -0.2) is 48.7 Å². The lowest BCUT2D eigenvalue weighted by molar-refractivity contribution is 0.428. The minimum atomic E-state index is 0. The first kappa shape index (κ1) is 20.3. The molecule has 0 saturated carbocycles. The highest BCUT2D eigenvalue weighted by Crippen LogP contribution is 2.25. The molecule has 0 aliphatic carbocycles. The maximum atomic E-state index is 4.68. The summed E-state index contributed by atoms with van der Waals surface area (Å²) < 4.78 is 0. The Morgan fingerprint density at radius 3 is 2.55 bits per heavy atom. The van der Waals surface area contributed by atoms with Gasteiger partial charge in [0, 0.05) is 30.4 Å². The highest BCUT2D eigenvalue weighted by molar-refractivity contribution is 14.0. The van der Waals surface area contributed by atoms with E-state index >= 15 is 0 Å². The van der Waals surface area contributed by atoms with E-state index in [1.807, 2.05) is 0 Å². The van der Waals surface area contributed by atoms with Gasteiger partial charge in [0.05, 0.1) is 6.54 Å². The van der Waals surface area contributed by atoms with E-state index in [9.17, 15) is 0 Å². The van der Waals surface area contributed by atoms with Crippen LogP contribution in [0, 0.1) is 0 Å². The number of rotatable bonds is 6. The van der Waals surface area contributed by atoms with Gasteiger partial charge in [-0.15, -0.1) is 24.0 Å². The van der Waals surface area contributed by atoms with Crippen LogP contribution < -0.4 is 16.0 Å². The Bertz CT molecular complexity index is 273. The average molecular weight is 414 g/mol. The number of thioether (sulfide) groups is 1. The molecule has 1 aliphatic heterocycles. The van der Waals surface area contributed by atoms with Crippen molar-refractivity contribution in [3.05, 3.63) is 0 Å². The van der Waals surface area contributed by atoms with E-state index in [-0.39, 0.29) is 29.5 Å². The Kier molecular flexibility index (Phi) is 11.1. The van der Waals surface area contributed by atoms with E-state index in [1.165, 1.54) is 18.6 Å². The van der Waals surface area contributed by atoms with Crippen molar-refractivity contribution in [3.8, 4) is 0 Å². The largest absolute Gasteiger partial charge is 0.357 e. The second-order valence-electron chi connectivity index (χ2n) is 5.96. The smallest absolute Gasteiger partial charge is 0.191 e. The predicted molar refractivity (Wildman–Crippen MR) is 103 cm³/mol. The van der Waals surface area contributed by atoms with Crippen molar-refractivity contribution in [1.82, 2.24) is 16.0 Å². The summed E-state index contributed by atoms with van der Waals surface area (Å²) in [6, 6.07) is 0. The molecule has 1 atom stereocenters. The summed E-state index contributed by atoms with van der Waals surface area (Å²) in [7, 11) is 0. The first-order chi connectivity index (χ1) is 9.01. The van der Waals surface area contributed by atoms with Crippen LogP contribution in [0.5, 0.6) is 0 Å².